The molecule has 1 nitrogen and oxygen atoms in total. The van der Waals surface area contributed by atoms with Crippen molar-refractivity contribution < 1.29 is 4.79 Å². The third-order valence-corrected chi connectivity index (χ3v) is 4.65. The van der Waals surface area contributed by atoms with E-state index in [0.717, 1.165) is 10.8 Å². The van der Waals surface area contributed by atoms with Gasteiger partial charge in [0, 0.05) is 16.2 Å². The Morgan fingerprint density at radius 3 is 2.93 bits per heavy atom. The van der Waals surface area contributed by atoms with Gasteiger partial charge in [-0.3, -0.25) is 4.79 Å². The van der Waals surface area contributed by atoms with Crippen LogP contribution in [0.2, 0.25) is 0 Å². The molecule has 1 aromatic heterocycles. The Bertz CT molecular complexity index is 286. The molecule has 0 N–H and O–H groups in total. The quantitative estimate of drug-likeness (QED) is 0.730. The highest BCUT2D eigenvalue weighted by molar-refractivity contribution is 8.00. The highest BCUT2D eigenvalue weighted by Crippen LogP contribution is 2.29. The molecule has 1 heterocycles. The van der Waals surface area contributed by atoms with Gasteiger partial charge >= 0.3 is 0 Å². The molecular formula is C11H14OS2. The molecule has 1 fully saturated rings. The summed E-state index contributed by atoms with van der Waals surface area (Å²) in [6.45, 7) is 0. The summed E-state index contributed by atoms with van der Waals surface area (Å²) in [5.74, 6) is 0.963. The largest absolute Gasteiger partial charge is 0.293 e. The van der Waals surface area contributed by atoms with E-state index in [2.05, 4.69) is 0 Å². The molecule has 1 aliphatic rings. The van der Waals surface area contributed by atoms with Crippen LogP contribution in [0.3, 0.4) is 0 Å². The van der Waals surface area contributed by atoms with Crippen molar-refractivity contribution in [3.05, 3.63) is 22.4 Å². The highest BCUT2D eigenvalue weighted by Gasteiger charge is 2.17. The lowest BCUT2D eigenvalue weighted by Gasteiger charge is -2.06. The van der Waals surface area contributed by atoms with E-state index in [-0.39, 0.29) is 0 Å². The van der Waals surface area contributed by atoms with Crippen molar-refractivity contribution in [2.75, 3.05) is 5.75 Å². The number of ketones is 1. The third-order valence-electron chi connectivity index (χ3n) is 2.60. The van der Waals surface area contributed by atoms with Crippen LogP contribution in [0.1, 0.15) is 36.0 Å². The van der Waals surface area contributed by atoms with Crippen LogP contribution in [0.15, 0.2) is 16.8 Å². The first-order chi connectivity index (χ1) is 6.86. The standard InChI is InChI=1S/C11H14OS2/c12-11(9-5-6-13-7-9)8-14-10-3-1-2-4-10/h5-7,10H,1-4,8H2. The first kappa shape index (κ1) is 10.2. The molecule has 14 heavy (non-hydrogen) atoms. The second kappa shape index (κ2) is 4.99. The average molecular weight is 226 g/mol. The van der Waals surface area contributed by atoms with E-state index in [4.69, 9.17) is 0 Å². The Labute approximate surface area is 92.9 Å². The Balaban J connectivity index is 1.78. The van der Waals surface area contributed by atoms with Crippen LogP contribution < -0.4 is 0 Å². The molecule has 2 rings (SSSR count). The van der Waals surface area contributed by atoms with Crippen molar-refractivity contribution in [2.45, 2.75) is 30.9 Å². The topological polar surface area (TPSA) is 17.1 Å². The van der Waals surface area contributed by atoms with Gasteiger partial charge in [0.15, 0.2) is 5.78 Å². The number of thioether (sulfide) groups is 1. The maximum Gasteiger partial charge on any atom is 0.173 e. The molecular weight excluding hydrogens is 212 g/mol. The van der Waals surface area contributed by atoms with Crippen LogP contribution in [-0.4, -0.2) is 16.8 Å². The SMILES string of the molecule is O=C(CSC1CCCC1)c1ccsc1. The van der Waals surface area contributed by atoms with Gasteiger partial charge in [0.25, 0.3) is 0 Å². The van der Waals surface area contributed by atoms with Gasteiger partial charge in [0.05, 0.1) is 5.75 Å². The molecule has 0 amide bonds. The van der Waals surface area contributed by atoms with E-state index in [1.165, 1.54) is 25.7 Å². The Kier molecular flexibility index (Phi) is 3.65. The lowest BCUT2D eigenvalue weighted by molar-refractivity contribution is 0.102. The van der Waals surface area contributed by atoms with E-state index < -0.39 is 0 Å². The van der Waals surface area contributed by atoms with E-state index in [1.807, 2.05) is 28.6 Å². The molecule has 0 unspecified atom stereocenters. The smallest absolute Gasteiger partial charge is 0.173 e. The van der Waals surface area contributed by atoms with Crippen molar-refractivity contribution in [1.82, 2.24) is 0 Å². The predicted molar refractivity (Wildman–Crippen MR) is 63.4 cm³/mol. The summed E-state index contributed by atoms with van der Waals surface area (Å²) in [4.78, 5) is 11.6. The third kappa shape index (κ3) is 2.61. The molecule has 0 spiro atoms. The summed E-state index contributed by atoms with van der Waals surface area (Å²) in [6.07, 6.45) is 5.32. The molecule has 0 atom stereocenters. The number of rotatable bonds is 4. The molecule has 1 aliphatic carbocycles. The Morgan fingerprint density at radius 2 is 2.29 bits per heavy atom. The van der Waals surface area contributed by atoms with Crippen LogP contribution in [0.4, 0.5) is 0 Å². The van der Waals surface area contributed by atoms with Gasteiger partial charge in [-0.25, -0.2) is 0 Å². The molecule has 0 radical (unpaired) electrons. The van der Waals surface area contributed by atoms with E-state index >= 15 is 0 Å². The Morgan fingerprint density at radius 1 is 1.50 bits per heavy atom. The molecule has 0 aromatic carbocycles. The number of thiophene rings is 1. The summed E-state index contributed by atoms with van der Waals surface area (Å²) in [5.41, 5.74) is 0.889. The fourth-order valence-electron chi connectivity index (χ4n) is 1.76. The molecule has 3 heteroatoms. The first-order valence-corrected chi connectivity index (χ1v) is 7.02. The molecule has 0 aliphatic heterocycles. The number of carbonyl (C=O) groups is 1. The van der Waals surface area contributed by atoms with Crippen molar-refractivity contribution >= 4 is 28.9 Å². The number of hydrogen-bond acceptors (Lipinski definition) is 3. The summed E-state index contributed by atoms with van der Waals surface area (Å²) >= 11 is 3.44. The molecule has 0 saturated heterocycles. The van der Waals surface area contributed by atoms with Crippen LogP contribution >= 0.6 is 23.1 Å². The number of Topliss-reactive ketones (excluding diaryl/α,β-unsaturated/α-hetero) is 1. The molecule has 1 saturated carbocycles. The zero-order valence-corrected chi connectivity index (χ0v) is 9.70. The minimum atomic E-state index is 0.295. The van der Waals surface area contributed by atoms with Crippen LogP contribution in [-0.2, 0) is 0 Å². The zero-order valence-electron chi connectivity index (χ0n) is 8.07. The maximum atomic E-state index is 11.6. The van der Waals surface area contributed by atoms with Crippen LogP contribution in [0, 0.1) is 0 Å². The minimum Gasteiger partial charge on any atom is -0.293 e. The van der Waals surface area contributed by atoms with E-state index in [1.54, 1.807) is 11.3 Å². The summed E-state index contributed by atoms with van der Waals surface area (Å²) in [7, 11) is 0. The summed E-state index contributed by atoms with van der Waals surface area (Å²) in [6, 6.07) is 1.92. The van der Waals surface area contributed by atoms with Gasteiger partial charge in [-0.2, -0.15) is 23.1 Å². The Hall–Kier alpha value is -0.280. The lowest BCUT2D eigenvalue weighted by Crippen LogP contribution is -2.05. The maximum absolute atomic E-state index is 11.6. The van der Waals surface area contributed by atoms with E-state index in [0.29, 0.717) is 11.5 Å². The minimum absolute atomic E-state index is 0.295. The second-order valence-electron chi connectivity index (χ2n) is 3.65. The van der Waals surface area contributed by atoms with Crippen LogP contribution in [0.5, 0.6) is 0 Å². The monoisotopic (exact) mass is 226 g/mol. The molecule has 76 valence electrons. The summed E-state index contributed by atoms with van der Waals surface area (Å²) < 4.78 is 0. The van der Waals surface area contributed by atoms with E-state index in [9.17, 15) is 4.79 Å². The fourth-order valence-corrected chi connectivity index (χ4v) is 3.64. The molecule has 1 aromatic rings. The second-order valence-corrected chi connectivity index (χ2v) is 5.72. The predicted octanol–water partition coefficient (Wildman–Crippen LogP) is 3.61. The van der Waals surface area contributed by atoms with Crippen molar-refractivity contribution in [3.8, 4) is 0 Å². The van der Waals surface area contributed by atoms with Crippen LogP contribution in [0.25, 0.3) is 0 Å². The lowest BCUT2D eigenvalue weighted by atomic mass is 10.2. The summed E-state index contributed by atoms with van der Waals surface area (Å²) in [5, 5.41) is 4.66. The zero-order chi connectivity index (χ0) is 9.80. The van der Waals surface area contributed by atoms with Gasteiger partial charge < -0.3 is 0 Å². The average Bonchev–Trinajstić information content (AvgIpc) is 2.87. The van der Waals surface area contributed by atoms with Crippen molar-refractivity contribution in [1.29, 1.82) is 0 Å². The van der Waals surface area contributed by atoms with Gasteiger partial charge in [0.1, 0.15) is 0 Å². The fraction of sp³-hybridized carbons (Fsp3) is 0.545. The van der Waals surface area contributed by atoms with Crippen molar-refractivity contribution in [3.63, 3.8) is 0 Å². The van der Waals surface area contributed by atoms with Gasteiger partial charge in [0.2, 0.25) is 0 Å². The number of hydrogen-bond donors (Lipinski definition) is 0. The van der Waals surface area contributed by atoms with Gasteiger partial charge in [-0.05, 0) is 24.3 Å². The van der Waals surface area contributed by atoms with Gasteiger partial charge in [-0.15, -0.1) is 0 Å². The first-order valence-electron chi connectivity index (χ1n) is 5.03. The molecule has 0 bridgehead atoms. The van der Waals surface area contributed by atoms with Gasteiger partial charge in [-0.1, -0.05) is 12.8 Å². The van der Waals surface area contributed by atoms with Crippen molar-refractivity contribution in [2.24, 2.45) is 0 Å². The number of carbonyl (C=O) groups excluding carboxylic acids is 1. The normalized spacial score (nSPS) is 17.4. The highest BCUT2D eigenvalue weighted by atomic mass is 32.2.